The summed E-state index contributed by atoms with van der Waals surface area (Å²) in [5.41, 5.74) is 0.986. The van der Waals surface area contributed by atoms with Gasteiger partial charge in [-0.3, -0.25) is 9.59 Å². The van der Waals surface area contributed by atoms with Gasteiger partial charge in [0.05, 0.1) is 18.1 Å². The van der Waals surface area contributed by atoms with Gasteiger partial charge in [-0.2, -0.15) is 0 Å². The summed E-state index contributed by atoms with van der Waals surface area (Å²) in [6.07, 6.45) is 3.34. The molecule has 0 aliphatic carbocycles. The Hall–Kier alpha value is -2.76. The molecule has 0 saturated heterocycles. The van der Waals surface area contributed by atoms with E-state index in [0.717, 1.165) is 5.56 Å². The number of carbonyl (C=O) groups is 2. The molecule has 0 spiro atoms. The molecule has 0 atom stereocenters. The molecule has 0 aliphatic heterocycles. The molecular weight excluding hydrogens is 304 g/mol. The van der Waals surface area contributed by atoms with Crippen LogP contribution >= 0.6 is 0 Å². The summed E-state index contributed by atoms with van der Waals surface area (Å²) in [5, 5.41) is 5.46. The van der Waals surface area contributed by atoms with Crippen molar-refractivity contribution in [2.24, 2.45) is 5.41 Å². The maximum Gasteiger partial charge on any atom is 0.226 e. The van der Waals surface area contributed by atoms with Gasteiger partial charge in [0, 0.05) is 23.9 Å². The number of hydrogen-bond donors (Lipinski definition) is 2. The fourth-order valence-corrected chi connectivity index (χ4v) is 1.91. The third-order valence-corrected chi connectivity index (χ3v) is 3.29. The molecule has 2 rings (SSSR count). The van der Waals surface area contributed by atoms with Crippen LogP contribution in [0, 0.1) is 5.41 Å². The molecule has 0 fully saturated rings. The fraction of sp³-hybridized carbons (Fsp3) is 0.333. The van der Waals surface area contributed by atoms with Crippen LogP contribution in [0.5, 0.6) is 0 Å². The molecule has 0 radical (unpaired) electrons. The zero-order chi connectivity index (χ0) is 17.6. The van der Waals surface area contributed by atoms with Crippen LogP contribution in [-0.4, -0.2) is 28.3 Å². The second kappa shape index (κ2) is 7.68. The van der Waals surface area contributed by atoms with E-state index in [1.807, 2.05) is 51.1 Å². The van der Waals surface area contributed by atoms with Crippen LogP contribution in [0.15, 0.2) is 42.7 Å². The Morgan fingerprint density at radius 3 is 2.25 bits per heavy atom. The van der Waals surface area contributed by atoms with Crippen LogP contribution in [0.25, 0.3) is 11.4 Å². The Kier molecular flexibility index (Phi) is 5.63. The molecule has 2 amide bonds. The normalized spacial score (nSPS) is 11.0. The van der Waals surface area contributed by atoms with E-state index in [0.29, 0.717) is 18.1 Å². The maximum atomic E-state index is 11.9. The predicted molar refractivity (Wildman–Crippen MR) is 93.2 cm³/mol. The Bertz CT molecular complexity index is 691. The fourth-order valence-electron chi connectivity index (χ4n) is 1.91. The Morgan fingerprint density at radius 1 is 1.04 bits per heavy atom. The highest BCUT2D eigenvalue weighted by Gasteiger charge is 2.20. The number of nitrogens with one attached hydrogen (secondary N) is 2. The first-order valence-electron chi connectivity index (χ1n) is 7.82. The topological polar surface area (TPSA) is 84.0 Å². The van der Waals surface area contributed by atoms with Crippen LogP contribution in [0.2, 0.25) is 0 Å². The largest absolute Gasteiger partial charge is 0.355 e. The van der Waals surface area contributed by atoms with Crippen molar-refractivity contribution in [3.63, 3.8) is 0 Å². The molecular formula is C18H22N4O2. The lowest BCUT2D eigenvalue weighted by molar-refractivity contribution is -0.128. The van der Waals surface area contributed by atoms with Gasteiger partial charge in [-0.25, -0.2) is 9.97 Å². The molecule has 1 aromatic carbocycles. The average Bonchev–Trinajstić information content (AvgIpc) is 2.55. The molecule has 2 N–H and O–H groups in total. The number of aromatic nitrogens is 2. The molecule has 0 aliphatic rings. The van der Waals surface area contributed by atoms with Gasteiger partial charge in [0.15, 0.2) is 5.82 Å². The van der Waals surface area contributed by atoms with Crippen LogP contribution in [0.3, 0.4) is 0 Å². The van der Waals surface area contributed by atoms with Gasteiger partial charge >= 0.3 is 0 Å². The summed E-state index contributed by atoms with van der Waals surface area (Å²) in [4.78, 5) is 32.1. The lowest BCUT2D eigenvalue weighted by Crippen LogP contribution is -2.36. The van der Waals surface area contributed by atoms with Gasteiger partial charge in [0.2, 0.25) is 11.8 Å². The molecule has 1 aromatic heterocycles. The quantitative estimate of drug-likeness (QED) is 0.884. The molecule has 0 unspecified atom stereocenters. The first kappa shape index (κ1) is 17.6. The monoisotopic (exact) mass is 326 g/mol. The zero-order valence-corrected chi connectivity index (χ0v) is 14.2. The van der Waals surface area contributed by atoms with E-state index in [2.05, 4.69) is 20.6 Å². The van der Waals surface area contributed by atoms with E-state index in [9.17, 15) is 9.59 Å². The summed E-state index contributed by atoms with van der Waals surface area (Å²) in [5.74, 6) is 0.331. The van der Waals surface area contributed by atoms with Crippen LogP contribution in [0.1, 0.15) is 27.2 Å². The van der Waals surface area contributed by atoms with Crippen molar-refractivity contribution in [2.45, 2.75) is 27.2 Å². The zero-order valence-electron chi connectivity index (χ0n) is 14.2. The first-order valence-corrected chi connectivity index (χ1v) is 7.82. The summed E-state index contributed by atoms with van der Waals surface area (Å²) in [6.45, 7) is 5.78. The number of nitrogens with zero attached hydrogens (tertiary/aromatic N) is 2. The van der Waals surface area contributed by atoms with Gasteiger partial charge in [0.25, 0.3) is 0 Å². The van der Waals surface area contributed by atoms with E-state index in [1.165, 1.54) is 0 Å². The van der Waals surface area contributed by atoms with Crippen LogP contribution < -0.4 is 10.6 Å². The number of hydrogen-bond acceptors (Lipinski definition) is 4. The van der Waals surface area contributed by atoms with Gasteiger partial charge in [-0.15, -0.1) is 0 Å². The van der Waals surface area contributed by atoms with Crippen LogP contribution in [-0.2, 0) is 9.59 Å². The summed E-state index contributed by atoms with van der Waals surface area (Å²) in [6, 6.07) is 9.61. The summed E-state index contributed by atoms with van der Waals surface area (Å²) >= 11 is 0. The molecule has 24 heavy (non-hydrogen) atoms. The van der Waals surface area contributed by atoms with Crippen LogP contribution in [0.4, 0.5) is 5.69 Å². The molecule has 126 valence electrons. The number of anilines is 1. The highest BCUT2D eigenvalue weighted by atomic mass is 16.2. The molecule has 2 aromatic rings. The maximum absolute atomic E-state index is 11.9. The van der Waals surface area contributed by atoms with Crippen molar-refractivity contribution < 1.29 is 9.59 Å². The van der Waals surface area contributed by atoms with Gasteiger partial charge in [-0.05, 0) is 0 Å². The third-order valence-electron chi connectivity index (χ3n) is 3.29. The molecule has 0 bridgehead atoms. The molecule has 0 saturated carbocycles. The standard InChI is InChI=1S/C18H22N4O2/c1-18(2,3)17(24)19-10-9-15(23)22-14-11-20-16(21-12-14)13-7-5-4-6-8-13/h4-8,11-12H,9-10H2,1-3H3,(H,19,24)(H,22,23). The Morgan fingerprint density at radius 2 is 1.67 bits per heavy atom. The van der Waals surface area contributed by atoms with Gasteiger partial charge < -0.3 is 10.6 Å². The van der Waals surface area contributed by atoms with Crippen molar-refractivity contribution >= 4 is 17.5 Å². The van der Waals surface area contributed by atoms with Crippen molar-refractivity contribution in [2.75, 3.05) is 11.9 Å². The third kappa shape index (κ3) is 5.15. The van der Waals surface area contributed by atoms with E-state index in [4.69, 9.17) is 0 Å². The van der Waals surface area contributed by atoms with E-state index >= 15 is 0 Å². The minimum absolute atomic E-state index is 0.0779. The predicted octanol–water partition coefficient (Wildman–Crippen LogP) is 2.63. The second-order valence-corrected chi connectivity index (χ2v) is 6.47. The van der Waals surface area contributed by atoms with Crippen molar-refractivity contribution in [1.82, 2.24) is 15.3 Å². The Labute approximate surface area is 141 Å². The van der Waals surface area contributed by atoms with Gasteiger partial charge in [0.1, 0.15) is 0 Å². The lowest BCUT2D eigenvalue weighted by Gasteiger charge is -2.17. The molecule has 6 heteroatoms. The first-order chi connectivity index (χ1) is 11.4. The van der Waals surface area contributed by atoms with E-state index < -0.39 is 5.41 Å². The number of rotatable bonds is 5. The SMILES string of the molecule is CC(C)(C)C(=O)NCCC(=O)Nc1cnc(-c2ccccc2)nc1. The smallest absolute Gasteiger partial charge is 0.226 e. The summed E-state index contributed by atoms with van der Waals surface area (Å²) in [7, 11) is 0. The highest BCUT2D eigenvalue weighted by molar-refractivity contribution is 5.91. The number of amides is 2. The summed E-state index contributed by atoms with van der Waals surface area (Å²) < 4.78 is 0. The second-order valence-electron chi connectivity index (χ2n) is 6.47. The van der Waals surface area contributed by atoms with E-state index in [-0.39, 0.29) is 18.2 Å². The number of benzene rings is 1. The van der Waals surface area contributed by atoms with Crippen molar-refractivity contribution in [1.29, 1.82) is 0 Å². The minimum atomic E-state index is -0.461. The lowest BCUT2D eigenvalue weighted by atomic mass is 9.96. The Balaban J connectivity index is 1.83. The highest BCUT2D eigenvalue weighted by Crippen LogP contribution is 2.15. The number of carbonyl (C=O) groups excluding carboxylic acids is 2. The van der Waals surface area contributed by atoms with Gasteiger partial charge in [-0.1, -0.05) is 51.1 Å². The molecule has 1 heterocycles. The molecule has 6 nitrogen and oxygen atoms in total. The average molecular weight is 326 g/mol. The minimum Gasteiger partial charge on any atom is -0.355 e. The van der Waals surface area contributed by atoms with E-state index in [1.54, 1.807) is 12.4 Å². The van der Waals surface area contributed by atoms with Crippen molar-refractivity contribution in [3.05, 3.63) is 42.7 Å². The van der Waals surface area contributed by atoms with Crippen molar-refractivity contribution in [3.8, 4) is 11.4 Å².